The van der Waals surface area contributed by atoms with E-state index in [-0.39, 0.29) is 0 Å². The van der Waals surface area contributed by atoms with E-state index in [9.17, 15) is 0 Å². The smallest absolute Gasteiger partial charge is 0.387 e. The zero-order valence-corrected chi connectivity index (χ0v) is 9.27. The fourth-order valence-corrected chi connectivity index (χ4v) is 3.54. The molecule has 0 heterocycles. The van der Waals surface area contributed by atoms with Crippen LogP contribution < -0.4 is 0 Å². The van der Waals surface area contributed by atoms with Gasteiger partial charge in [-0.3, -0.25) is 0 Å². The minimum absolute atomic E-state index is 0.756. The Kier molecular flexibility index (Phi) is 5.09. The second-order valence-corrected chi connectivity index (χ2v) is 9.83. The predicted octanol–water partition coefficient (Wildman–Crippen LogP) is 2.06. The van der Waals surface area contributed by atoms with Crippen molar-refractivity contribution in [3.05, 3.63) is 0 Å². The summed E-state index contributed by atoms with van der Waals surface area (Å²) in [5.41, 5.74) is 0. The van der Waals surface area contributed by atoms with Crippen LogP contribution in [0.3, 0.4) is 0 Å². The number of halogens is 1. The van der Waals surface area contributed by atoms with Gasteiger partial charge in [-0.25, -0.2) is 0 Å². The summed E-state index contributed by atoms with van der Waals surface area (Å²) in [5.74, 6) is 0. The molecule has 0 bridgehead atoms. The molecule has 0 rings (SSSR count). The summed E-state index contributed by atoms with van der Waals surface area (Å²) in [7, 11) is 0. The quantitative estimate of drug-likeness (QED) is 0.437. The Bertz CT molecular complexity index is 69.4. The molecule has 0 fully saturated rings. The summed E-state index contributed by atoms with van der Waals surface area (Å²) >= 11 is 2.27. The van der Waals surface area contributed by atoms with E-state index in [4.69, 9.17) is 8.85 Å². The van der Waals surface area contributed by atoms with Crippen LogP contribution in [0.15, 0.2) is 0 Å². The molecule has 0 atom stereocenters. The van der Waals surface area contributed by atoms with Crippen molar-refractivity contribution in [3.8, 4) is 0 Å². The van der Waals surface area contributed by atoms with Crippen LogP contribution in [0.2, 0.25) is 6.55 Å². The Balaban J connectivity index is 3.43. The summed E-state index contributed by atoms with van der Waals surface area (Å²) in [6.45, 7) is 7.53. The van der Waals surface area contributed by atoms with Crippen LogP contribution in [-0.4, -0.2) is 19.3 Å². The van der Waals surface area contributed by atoms with Crippen LogP contribution in [0.4, 0.5) is 0 Å². The van der Waals surface area contributed by atoms with Crippen molar-refractivity contribution >= 4 is 27.9 Å². The Labute approximate surface area is 70.4 Å². The van der Waals surface area contributed by atoms with E-state index in [1.807, 2.05) is 20.4 Å². The van der Waals surface area contributed by atoms with E-state index in [1.165, 1.54) is 0 Å². The average molecular weight is 260 g/mol. The molecule has 0 amide bonds. The monoisotopic (exact) mass is 260 g/mol. The van der Waals surface area contributed by atoms with Crippen molar-refractivity contribution in [2.24, 2.45) is 0 Å². The van der Waals surface area contributed by atoms with Crippen molar-refractivity contribution in [1.82, 2.24) is 0 Å². The highest BCUT2D eigenvalue weighted by Crippen LogP contribution is 2.14. The summed E-state index contributed by atoms with van der Waals surface area (Å²) in [6.07, 6.45) is 0. The lowest BCUT2D eigenvalue weighted by atomic mass is 10.9. The molecule has 9 heavy (non-hydrogen) atoms. The minimum Gasteiger partial charge on any atom is -0.387 e. The van der Waals surface area contributed by atoms with Gasteiger partial charge in [-0.15, -0.1) is 0 Å². The number of hydrogen-bond donors (Lipinski definition) is 0. The van der Waals surface area contributed by atoms with Crippen LogP contribution >= 0.6 is 21.8 Å². The lowest BCUT2D eigenvalue weighted by Gasteiger charge is -2.17. The SMILES string of the molecule is CCO[Si](C)(I)OCC. The highest BCUT2D eigenvalue weighted by atomic mass is 127. The van der Waals surface area contributed by atoms with Crippen molar-refractivity contribution in [2.45, 2.75) is 20.4 Å². The van der Waals surface area contributed by atoms with Crippen LogP contribution in [0.25, 0.3) is 0 Å². The third kappa shape index (κ3) is 5.32. The molecule has 0 radical (unpaired) electrons. The third-order valence-electron chi connectivity index (χ3n) is 0.804. The Hall–Kier alpha value is 0.867. The van der Waals surface area contributed by atoms with E-state index in [0.29, 0.717) is 0 Å². The topological polar surface area (TPSA) is 18.5 Å². The van der Waals surface area contributed by atoms with Crippen LogP contribution in [0.1, 0.15) is 13.8 Å². The molecule has 56 valence electrons. The van der Waals surface area contributed by atoms with Gasteiger partial charge in [-0.1, -0.05) is 0 Å². The lowest BCUT2D eigenvalue weighted by Crippen LogP contribution is -2.30. The van der Waals surface area contributed by atoms with Gasteiger partial charge < -0.3 is 8.85 Å². The molecule has 0 aromatic rings. The maximum atomic E-state index is 5.37. The summed E-state index contributed by atoms with van der Waals surface area (Å²) in [5, 5.41) is 0. The first-order valence-corrected chi connectivity index (χ1v) is 8.52. The van der Waals surface area contributed by atoms with E-state index in [2.05, 4.69) is 21.8 Å². The van der Waals surface area contributed by atoms with Gasteiger partial charge in [0.25, 0.3) is 0 Å². The van der Waals surface area contributed by atoms with Crippen molar-refractivity contribution in [1.29, 1.82) is 0 Å². The molecule has 0 saturated carbocycles. The zero-order valence-electron chi connectivity index (χ0n) is 6.11. The molecule has 0 aromatic heterocycles. The Morgan fingerprint density at radius 1 is 1.22 bits per heavy atom. The van der Waals surface area contributed by atoms with Gasteiger partial charge in [-0.2, -0.15) is 0 Å². The summed E-state index contributed by atoms with van der Waals surface area (Å²) < 4.78 is 10.7. The maximum absolute atomic E-state index is 5.37. The van der Waals surface area contributed by atoms with E-state index < -0.39 is 6.06 Å². The van der Waals surface area contributed by atoms with Crippen LogP contribution in [0.5, 0.6) is 0 Å². The largest absolute Gasteiger partial charge is 0.404 e. The molecular weight excluding hydrogens is 247 g/mol. The Morgan fingerprint density at radius 3 is 1.78 bits per heavy atom. The molecule has 0 aliphatic heterocycles. The minimum atomic E-state index is -1.73. The molecule has 2 nitrogen and oxygen atoms in total. The molecule has 0 unspecified atom stereocenters. The number of rotatable bonds is 4. The molecule has 0 saturated heterocycles. The van der Waals surface area contributed by atoms with Crippen molar-refractivity contribution in [3.63, 3.8) is 0 Å². The third-order valence-corrected chi connectivity index (χ3v) is 4.28. The molecule has 0 aliphatic rings. The van der Waals surface area contributed by atoms with E-state index in [0.717, 1.165) is 13.2 Å². The van der Waals surface area contributed by atoms with Gasteiger partial charge in [-0.05, 0) is 42.2 Å². The average Bonchev–Trinajstić information content (AvgIpc) is 1.64. The van der Waals surface area contributed by atoms with E-state index >= 15 is 0 Å². The van der Waals surface area contributed by atoms with Gasteiger partial charge in [0.1, 0.15) is 0 Å². The van der Waals surface area contributed by atoms with E-state index in [1.54, 1.807) is 0 Å². The van der Waals surface area contributed by atoms with Gasteiger partial charge >= 0.3 is 6.06 Å². The first-order valence-electron chi connectivity index (χ1n) is 3.09. The highest BCUT2D eigenvalue weighted by molar-refractivity contribution is 14.1. The summed E-state index contributed by atoms with van der Waals surface area (Å²) in [6, 6.07) is -1.73. The van der Waals surface area contributed by atoms with Crippen LogP contribution in [0, 0.1) is 0 Å². The molecule has 4 heteroatoms. The first-order chi connectivity index (χ1) is 4.12. The molecule has 0 aromatic carbocycles. The zero-order chi connectivity index (χ0) is 7.33. The first kappa shape index (κ1) is 9.87. The standard InChI is InChI=1S/C5H13IO2Si/c1-4-7-9(3,6)8-5-2/h4-5H2,1-3H3. The van der Waals surface area contributed by atoms with Gasteiger partial charge in [0, 0.05) is 13.2 Å². The van der Waals surface area contributed by atoms with Gasteiger partial charge in [0.05, 0.1) is 0 Å². The van der Waals surface area contributed by atoms with Crippen molar-refractivity contribution < 1.29 is 8.85 Å². The second-order valence-electron chi connectivity index (χ2n) is 1.70. The summed E-state index contributed by atoms with van der Waals surface area (Å²) in [4.78, 5) is 0. The highest BCUT2D eigenvalue weighted by Gasteiger charge is 2.25. The van der Waals surface area contributed by atoms with Gasteiger partial charge in [0.15, 0.2) is 0 Å². The molecule has 0 aliphatic carbocycles. The predicted molar refractivity (Wildman–Crippen MR) is 48.9 cm³/mol. The second kappa shape index (κ2) is 4.65. The molecule has 0 N–H and O–H groups in total. The number of hydrogen-bond acceptors (Lipinski definition) is 2. The molecule has 0 spiro atoms. The maximum Gasteiger partial charge on any atom is 0.404 e. The molecular formula is C5H13IO2Si. The fraction of sp³-hybridized carbons (Fsp3) is 1.00. The fourth-order valence-electron chi connectivity index (χ4n) is 0.557. The van der Waals surface area contributed by atoms with Crippen LogP contribution in [-0.2, 0) is 8.85 Å². The van der Waals surface area contributed by atoms with Crippen molar-refractivity contribution in [2.75, 3.05) is 13.2 Å². The normalized spacial score (nSPS) is 12.0. The lowest BCUT2D eigenvalue weighted by molar-refractivity contribution is 0.215. The van der Waals surface area contributed by atoms with Gasteiger partial charge in [0.2, 0.25) is 0 Å². The Morgan fingerprint density at radius 2 is 1.56 bits per heavy atom.